The Kier molecular flexibility index (Phi) is 5.35. The SMILES string of the molecule is CCCC(CC1CCC1)C(=O)CC(C)C. The van der Waals surface area contributed by atoms with E-state index in [-0.39, 0.29) is 0 Å². The zero-order valence-corrected chi connectivity index (χ0v) is 10.6. The number of hydrogen-bond donors (Lipinski definition) is 0. The molecular formula is C14H26O. The fraction of sp³-hybridized carbons (Fsp3) is 0.929. The van der Waals surface area contributed by atoms with E-state index in [0.29, 0.717) is 17.6 Å². The highest BCUT2D eigenvalue weighted by molar-refractivity contribution is 5.81. The normalized spacial score (nSPS) is 18.9. The average molecular weight is 210 g/mol. The number of carbonyl (C=O) groups is 1. The van der Waals surface area contributed by atoms with E-state index in [9.17, 15) is 4.79 Å². The lowest BCUT2D eigenvalue weighted by Gasteiger charge is -2.29. The Bertz CT molecular complexity index is 192. The number of rotatable bonds is 7. The van der Waals surface area contributed by atoms with Gasteiger partial charge >= 0.3 is 0 Å². The van der Waals surface area contributed by atoms with Gasteiger partial charge in [-0.2, -0.15) is 0 Å². The van der Waals surface area contributed by atoms with Crippen molar-refractivity contribution in [2.45, 2.75) is 65.7 Å². The Morgan fingerprint density at radius 2 is 2.00 bits per heavy atom. The second kappa shape index (κ2) is 6.30. The molecule has 1 nitrogen and oxygen atoms in total. The van der Waals surface area contributed by atoms with Crippen LogP contribution in [0.15, 0.2) is 0 Å². The minimum Gasteiger partial charge on any atom is -0.299 e. The van der Waals surface area contributed by atoms with E-state index in [1.54, 1.807) is 0 Å². The first-order chi connectivity index (χ1) is 7.13. The van der Waals surface area contributed by atoms with Gasteiger partial charge < -0.3 is 0 Å². The third-order valence-electron chi connectivity index (χ3n) is 3.54. The standard InChI is InChI=1S/C14H26O/c1-4-6-13(10-12-7-5-8-12)14(15)9-11(2)3/h11-13H,4-10H2,1-3H3. The van der Waals surface area contributed by atoms with Gasteiger partial charge in [-0.05, 0) is 24.7 Å². The van der Waals surface area contributed by atoms with E-state index in [2.05, 4.69) is 20.8 Å². The van der Waals surface area contributed by atoms with Crippen molar-refractivity contribution in [1.82, 2.24) is 0 Å². The van der Waals surface area contributed by atoms with Crippen LogP contribution in [-0.2, 0) is 4.79 Å². The molecule has 1 unspecified atom stereocenters. The van der Waals surface area contributed by atoms with Crippen molar-refractivity contribution in [1.29, 1.82) is 0 Å². The fourth-order valence-electron chi connectivity index (χ4n) is 2.46. The molecule has 1 aliphatic rings. The first kappa shape index (κ1) is 12.7. The van der Waals surface area contributed by atoms with Gasteiger partial charge in [0.1, 0.15) is 5.78 Å². The quantitative estimate of drug-likeness (QED) is 0.615. The lowest BCUT2D eigenvalue weighted by molar-refractivity contribution is -0.124. The van der Waals surface area contributed by atoms with Crippen LogP contribution >= 0.6 is 0 Å². The maximum absolute atomic E-state index is 12.0. The molecule has 0 amide bonds. The molecule has 0 aromatic rings. The maximum Gasteiger partial charge on any atom is 0.136 e. The zero-order valence-electron chi connectivity index (χ0n) is 10.6. The molecule has 1 heteroatoms. The Balaban J connectivity index is 2.36. The van der Waals surface area contributed by atoms with Crippen molar-refractivity contribution in [2.75, 3.05) is 0 Å². The molecule has 1 saturated carbocycles. The van der Waals surface area contributed by atoms with Crippen LogP contribution < -0.4 is 0 Å². The third-order valence-corrected chi connectivity index (χ3v) is 3.54. The summed E-state index contributed by atoms with van der Waals surface area (Å²) >= 11 is 0. The Morgan fingerprint density at radius 3 is 2.40 bits per heavy atom. The van der Waals surface area contributed by atoms with Crippen LogP contribution in [0.1, 0.15) is 65.7 Å². The molecule has 0 spiro atoms. The van der Waals surface area contributed by atoms with Gasteiger partial charge in [-0.3, -0.25) is 4.79 Å². The molecule has 0 radical (unpaired) electrons. The maximum atomic E-state index is 12.0. The lowest BCUT2D eigenvalue weighted by atomic mass is 9.76. The highest BCUT2D eigenvalue weighted by atomic mass is 16.1. The van der Waals surface area contributed by atoms with Crippen LogP contribution in [-0.4, -0.2) is 5.78 Å². The molecule has 0 aromatic heterocycles. The van der Waals surface area contributed by atoms with E-state index in [1.807, 2.05) is 0 Å². The molecule has 0 aromatic carbocycles. The van der Waals surface area contributed by atoms with Crippen LogP contribution in [0.5, 0.6) is 0 Å². The van der Waals surface area contributed by atoms with E-state index >= 15 is 0 Å². The smallest absolute Gasteiger partial charge is 0.136 e. The summed E-state index contributed by atoms with van der Waals surface area (Å²) in [5.41, 5.74) is 0. The molecule has 0 heterocycles. The topological polar surface area (TPSA) is 17.1 Å². The van der Waals surface area contributed by atoms with E-state index in [4.69, 9.17) is 0 Å². The molecule has 88 valence electrons. The number of Topliss-reactive ketones (excluding diaryl/α,β-unsaturated/α-hetero) is 1. The molecular weight excluding hydrogens is 184 g/mol. The summed E-state index contributed by atoms with van der Waals surface area (Å²) in [6.07, 6.45) is 8.37. The van der Waals surface area contributed by atoms with Crippen molar-refractivity contribution in [3.05, 3.63) is 0 Å². The van der Waals surface area contributed by atoms with Gasteiger partial charge in [-0.15, -0.1) is 0 Å². The number of ketones is 1. The molecule has 1 fully saturated rings. The molecule has 15 heavy (non-hydrogen) atoms. The Hall–Kier alpha value is -0.330. The molecule has 0 N–H and O–H groups in total. The van der Waals surface area contributed by atoms with E-state index in [1.165, 1.54) is 25.7 Å². The predicted molar refractivity (Wildman–Crippen MR) is 64.8 cm³/mol. The monoisotopic (exact) mass is 210 g/mol. The van der Waals surface area contributed by atoms with E-state index in [0.717, 1.165) is 25.2 Å². The summed E-state index contributed by atoms with van der Waals surface area (Å²) in [5.74, 6) is 2.30. The first-order valence-electron chi connectivity index (χ1n) is 6.66. The van der Waals surface area contributed by atoms with Crippen molar-refractivity contribution >= 4 is 5.78 Å². The van der Waals surface area contributed by atoms with Gasteiger partial charge in [0.05, 0.1) is 0 Å². The van der Waals surface area contributed by atoms with Crippen LogP contribution in [0, 0.1) is 17.8 Å². The summed E-state index contributed by atoms with van der Waals surface area (Å²) in [7, 11) is 0. The molecule has 1 rings (SSSR count). The largest absolute Gasteiger partial charge is 0.299 e. The first-order valence-corrected chi connectivity index (χ1v) is 6.66. The summed E-state index contributed by atoms with van der Waals surface area (Å²) in [6.45, 7) is 6.48. The number of carbonyl (C=O) groups excluding carboxylic acids is 1. The van der Waals surface area contributed by atoms with Crippen molar-refractivity contribution in [3.63, 3.8) is 0 Å². The average Bonchev–Trinajstić information content (AvgIpc) is 2.07. The molecule has 0 aliphatic heterocycles. The highest BCUT2D eigenvalue weighted by Crippen LogP contribution is 2.34. The van der Waals surface area contributed by atoms with E-state index < -0.39 is 0 Å². The Labute approximate surface area is 94.6 Å². The van der Waals surface area contributed by atoms with Gasteiger partial charge in [-0.25, -0.2) is 0 Å². The lowest BCUT2D eigenvalue weighted by Crippen LogP contribution is -2.23. The Morgan fingerprint density at radius 1 is 1.33 bits per heavy atom. The van der Waals surface area contributed by atoms with Gasteiger partial charge in [0.2, 0.25) is 0 Å². The molecule has 1 aliphatic carbocycles. The molecule has 0 bridgehead atoms. The van der Waals surface area contributed by atoms with Gasteiger partial charge in [0.25, 0.3) is 0 Å². The summed E-state index contributed by atoms with van der Waals surface area (Å²) < 4.78 is 0. The third kappa shape index (κ3) is 4.36. The summed E-state index contributed by atoms with van der Waals surface area (Å²) in [4.78, 5) is 12.0. The van der Waals surface area contributed by atoms with Crippen LogP contribution in [0.25, 0.3) is 0 Å². The summed E-state index contributed by atoms with van der Waals surface area (Å²) in [5, 5.41) is 0. The van der Waals surface area contributed by atoms with Crippen molar-refractivity contribution < 1.29 is 4.79 Å². The van der Waals surface area contributed by atoms with Crippen LogP contribution in [0.3, 0.4) is 0 Å². The predicted octanol–water partition coefficient (Wildman–Crippen LogP) is 4.21. The number of hydrogen-bond acceptors (Lipinski definition) is 1. The van der Waals surface area contributed by atoms with Gasteiger partial charge in [0.15, 0.2) is 0 Å². The second-order valence-corrected chi connectivity index (χ2v) is 5.58. The molecule has 0 saturated heterocycles. The highest BCUT2D eigenvalue weighted by Gasteiger charge is 2.25. The zero-order chi connectivity index (χ0) is 11.3. The minimum absolute atomic E-state index is 0.377. The van der Waals surface area contributed by atoms with Gasteiger partial charge in [-0.1, -0.05) is 46.5 Å². The van der Waals surface area contributed by atoms with Crippen molar-refractivity contribution in [3.8, 4) is 0 Å². The van der Waals surface area contributed by atoms with Crippen LogP contribution in [0.2, 0.25) is 0 Å². The van der Waals surface area contributed by atoms with Crippen molar-refractivity contribution in [2.24, 2.45) is 17.8 Å². The van der Waals surface area contributed by atoms with Crippen LogP contribution in [0.4, 0.5) is 0 Å². The second-order valence-electron chi connectivity index (χ2n) is 5.58. The molecule has 1 atom stereocenters. The fourth-order valence-corrected chi connectivity index (χ4v) is 2.46. The van der Waals surface area contributed by atoms with Gasteiger partial charge in [0, 0.05) is 12.3 Å². The summed E-state index contributed by atoms with van der Waals surface area (Å²) in [6, 6.07) is 0. The minimum atomic E-state index is 0.377.